The molecule has 3 N–H and O–H groups in total. The highest BCUT2D eigenvalue weighted by Crippen LogP contribution is 2.24. The summed E-state index contributed by atoms with van der Waals surface area (Å²) in [6, 6.07) is 3.50. The van der Waals surface area contributed by atoms with Crippen molar-refractivity contribution in [2.75, 3.05) is 31.6 Å². The Labute approximate surface area is 198 Å². The number of aromatic nitrogens is 1. The Kier molecular flexibility index (Phi) is 13.4. The minimum Gasteiger partial charge on any atom is -0.355 e. The molecule has 2 rings (SSSR count). The first-order valence-corrected chi connectivity index (χ1v) is 12.3. The van der Waals surface area contributed by atoms with Gasteiger partial charge in [0.25, 0.3) is 0 Å². The third kappa shape index (κ3) is 11.5. The minimum absolute atomic E-state index is 0.136. The predicted molar refractivity (Wildman–Crippen MR) is 130 cm³/mol. The van der Waals surface area contributed by atoms with Gasteiger partial charge in [0, 0.05) is 31.2 Å². The predicted octanol–water partition coefficient (Wildman–Crippen LogP) is 4.41. The quantitative estimate of drug-likeness (QED) is 0.133. The fraction of sp³-hybridized carbons (Fsp3) is 0.667. The molecule has 1 saturated carbocycles. The number of amides is 2. The van der Waals surface area contributed by atoms with Crippen molar-refractivity contribution in [3.05, 3.63) is 24.5 Å². The first-order valence-electron chi connectivity index (χ1n) is 12.3. The molecule has 0 aromatic carbocycles. The number of urea groups is 1. The van der Waals surface area contributed by atoms with E-state index < -0.39 is 0 Å². The standard InChI is InChI=1S/C24H39N7O2/c1-2-27-24(32)31(33-19-21-11-7-6-8-12-21)18-10-5-3-4-9-15-28-23(29-20-25)30-22-13-16-26-17-14-22/h13-14,16-17,21H,2-12,15,18-19H2,1H3,(H,27,32)(H2,26,28,29,30). The van der Waals surface area contributed by atoms with E-state index in [0.717, 1.165) is 44.3 Å². The number of anilines is 1. The van der Waals surface area contributed by atoms with E-state index in [1.54, 1.807) is 12.4 Å². The van der Waals surface area contributed by atoms with Gasteiger partial charge >= 0.3 is 6.03 Å². The van der Waals surface area contributed by atoms with Crippen molar-refractivity contribution in [3.63, 3.8) is 0 Å². The van der Waals surface area contributed by atoms with E-state index >= 15 is 0 Å². The highest BCUT2D eigenvalue weighted by molar-refractivity contribution is 5.94. The highest BCUT2D eigenvalue weighted by atomic mass is 16.7. The summed E-state index contributed by atoms with van der Waals surface area (Å²) >= 11 is 0. The van der Waals surface area contributed by atoms with Gasteiger partial charge in [-0.25, -0.2) is 9.86 Å². The smallest absolute Gasteiger partial charge is 0.341 e. The van der Waals surface area contributed by atoms with Gasteiger partial charge in [0.2, 0.25) is 12.2 Å². The molecule has 0 radical (unpaired) electrons. The molecule has 9 heteroatoms. The van der Waals surface area contributed by atoms with Gasteiger partial charge in [-0.15, -0.1) is 4.99 Å². The Balaban J connectivity index is 1.59. The normalized spacial score (nSPS) is 14.4. The number of nitrogens with one attached hydrogen (secondary N) is 3. The second kappa shape index (κ2) is 16.7. The SMILES string of the molecule is CCNC(=O)N(CCCCCCCN/C(=N\C#N)Nc1ccncc1)OCC1CCCCC1. The van der Waals surface area contributed by atoms with Crippen molar-refractivity contribution >= 4 is 17.7 Å². The number of pyridine rings is 1. The van der Waals surface area contributed by atoms with Gasteiger partial charge in [-0.05, 0) is 50.7 Å². The first kappa shape index (κ1) is 26.4. The van der Waals surface area contributed by atoms with Gasteiger partial charge in [0.05, 0.1) is 13.2 Å². The van der Waals surface area contributed by atoms with Crippen LogP contribution in [0, 0.1) is 17.4 Å². The molecule has 1 aromatic rings. The molecule has 182 valence electrons. The molecule has 1 heterocycles. The molecule has 9 nitrogen and oxygen atoms in total. The van der Waals surface area contributed by atoms with Gasteiger partial charge in [-0.1, -0.05) is 38.5 Å². The van der Waals surface area contributed by atoms with Crippen LogP contribution >= 0.6 is 0 Å². The number of aliphatic imine (C=N–C) groups is 1. The minimum atomic E-state index is -0.136. The summed E-state index contributed by atoms with van der Waals surface area (Å²) in [7, 11) is 0. The highest BCUT2D eigenvalue weighted by Gasteiger charge is 2.18. The number of unbranched alkanes of at least 4 members (excludes halogenated alkanes) is 4. The molecule has 0 bridgehead atoms. The van der Waals surface area contributed by atoms with E-state index in [2.05, 4.69) is 25.9 Å². The van der Waals surface area contributed by atoms with Crippen LogP contribution in [0.15, 0.2) is 29.5 Å². The van der Waals surface area contributed by atoms with Crippen LogP contribution in [0.1, 0.15) is 71.1 Å². The average Bonchev–Trinajstić information content (AvgIpc) is 2.84. The fourth-order valence-corrected chi connectivity index (χ4v) is 3.86. The maximum absolute atomic E-state index is 12.3. The zero-order valence-corrected chi connectivity index (χ0v) is 19.9. The Morgan fingerprint density at radius 3 is 2.61 bits per heavy atom. The van der Waals surface area contributed by atoms with E-state index in [4.69, 9.17) is 10.1 Å². The van der Waals surface area contributed by atoms with E-state index in [1.165, 1.54) is 37.2 Å². The number of nitrogens with zero attached hydrogens (tertiary/aromatic N) is 4. The summed E-state index contributed by atoms with van der Waals surface area (Å²) in [6.45, 7) is 4.51. The maximum Gasteiger partial charge on any atom is 0.341 e. The summed E-state index contributed by atoms with van der Waals surface area (Å²) < 4.78 is 0. The molecule has 0 aliphatic heterocycles. The second-order valence-corrected chi connectivity index (χ2v) is 8.35. The molecular weight excluding hydrogens is 418 g/mol. The Hall–Kier alpha value is -2.86. The van der Waals surface area contributed by atoms with E-state index in [-0.39, 0.29) is 6.03 Å². The summed E-state index contributed by atoms with van der Waals surface area (Å²) in [5, 5.41) is 19.5. The van der Waals surface area contributed by atoms with Crippen molar-refractivity contribution < 1.29 is 9.63 Å². The third-order valence-electron chi connectivity index (χ3n) is 5.68. The van der Waals surface area contributed by atoms with Gasteiger partial charge in [-0.3, -0.25) is 9.82 Å². The molecule has 0 spiro atoms. The fourth-order valence-electron chi connectivity index (χ4n) is 3.86. The third-order valence-corrected chi connectivity index (χ3v) is 5.68. The van der Waals surface area contributed by atoms with Gasteiger partial charge in [0.15, 0.2) is 0 Å². The number of nitriles is 1. The van der Waals surface area contributed by atoms with Crippen LogP contribution in [0.5, 0.6) is 0 Å². The number of rotatable bonds is 13. The zero-order chi connectivity index (χ0) is 23.6. The number of hydrogen-bond acceptors (Lipinski definition) is 5. The summed E-state index contributed by atoms with van der Waals surface area (Å²) in [6.07, 6.45) is 16.5. The van der Waals surface area contributed by atoms with Crippen LogP contribution in [0.25, 0.3) is 0 Å². The van der Waals surface area contributed by atoms with Gasteiger partial charge < -0.3 is 16.0 Å². The molecule has 1 aliphatic carbocycles. The second-order valence-electron chi connectivity index (χ2n) is 8.35. The van der Waals surface area contributed by atoms with Gasteiger partial charge in [-0.2, -0.15) is 5.26 Å². The number of carbonyl (C=O) groups is 1. The molecule has 1 fully saturated rings. The van der Waals surface area contributed by atoms with Crippen molar-refractivity contribution in [2.24, 2.45) is 10.9 Å². The number of carbonyl (C=O) groups excluding carboxylic acids is 1. The monoisotopic (exact) mass is 457 g/mol. The summed E-state index contributed by atoms with van der Waals surface area (Å²) in [4.78, 5) is 26.0. The summed E-state index contributed by atoms with van der Waals surface area (Å²) in [5.74, 6) is 1.02. The Morgan fingerprint density at radius 2 is 1.88 bits per heavy atom. The van der Waals surface area contributed by atoms with Crippen molar-refractivity contribution in [1.82, 2.24) is 20.7 Å². The molecule has 0 atom stereocenters. The summed E-state index contributed by atoms with van der Waals surface area (Å²) in [5.41, 5.74) is 0.828. The van der Waals surface area contributed by atoms with Crippen LogP contribution in [0.2, 0.25) is 0 Å². The number of guanidine groups is 1. The Bertz CT molecular complexity index is 730. The van der Waals surface area contributed by atoms with Crippen LogP contribution in [0.3, 0.4) is 0 Å². The lowest BCUT2D eigenvalue weighted by Crippen LogP contribution is -2.41. The van der Waals surface area contributed by atoms with Crippen LogP contribution in [-0.4, -0.2) is 48.3 Å². The lowest BCUT2D eigenvalue weighted by Gasteiger charge is -2.26. The van der Waals surface area contributed by atoms with Crippen molar-refractivity contribution in [3.8, 4) is 6.19 Å². The maximum atomic E-state index is 12.3. The van der Waals surface area contributed by atoms with Crippen LogP contribution in [0.4, 0.5) is 10.5 Å². The van der Waals surface area contributed by atoms with Gasteiger partial charge in [0.1, 0.15) is 0 Å². The Morgan fingerprint density at radius 1 is 1.15 bits per heavy atom. The topological polar surface area (TPSA) is 115 Å². The lowest BCUT2D eigenvalue weighted by molar-refractivity contribution is -0.132. The average molecular weight is 458 g/mol. The van der Waals surface area contributed by atoms with E-state index in [9.17, 15) is 4.79 Å². The molecule has 2 amide bonds. The molecule has 33 heavy (non-hydrogen) atoms. The molecule has 0 unspecified atom stereocenters. The first-order chi connectivity index (χ1) is 16.2. The van der Waals surface area contributed by atoms with Crippen molar-refractivity contribution in [2.45, 2.75) is 71.1 Å². The largest absolute Gasteiger partial charge is 0.355 e. The van der Waals surface area contributed by atoms with E-state index in [1.807, 2.05) is 25.2 Å². The molecule has 1 aliphatic rings. The molecule has 0 saturated heterocycles. The zero-order valence-electron chi connectivity index (χ0n) is 19.9. The van der Waals surface area contributed by atoms with Crippen molar-refractivity contribution in [1.29, 1.82) is 5.26 Å². The van der Waals surface area contributed by atoms with Crippen LogP contribution < -0.4 is 16.0 Å². The molecular formula is C24H39N7O2. The number of hydrogen-bond donors (Lipinski definition) is 3. The lowest BCUT2D eigenvalue weighted by atomic mass is 9.90. The van der Waals surface area contributed by atoms with E-state index in [0.29, 0.717) is 31.6 Å². The number of hydroxylamine groups is 2. The van der Waals surface area contributed by atoms with Crippen LogP contribution in [-0.2, 0) is 4.84 Å². The molecule has 1 aromatic heterocycles.